The second-order valence-electron chi connectivity index (χ2n) is 8.57. The number of amides is 2. The third-order valence-corrected chi connectivity index (χ3v) is 6.63. The number of benzene rings is 2. The van der Waals surface area contributed by atoms with Crippen molar-refractivity contribution < 1.29 is 19.4 Å². The van der Waals surface area contributed by atoms with Gasteiger partial charge in [0.25, 0.3) is 5.91 Å². The highest BCUT2D eigenvalue weighted by Gasteiger charge is 2.50. The molecule has 2 amide bonds. The summed E-state index contributed by atoms with van der Waals surface area (Å²) < 4.78 is 4.61. The number of aromatic nitrogens is 2. The zero-order chi connectivity index (χ0) is 22.3. The summed E-state index contributed by atoms with van der Waals surface area (Å²) in [6, 6.07) is 12.6. The Hall–Kier alpha value is -3.39. The fourth-order valence-corrected chi connectivity index (χ4v) is 5.00. The summed E-state index contributed by atoms with van der Waals surface area (Å²) in [5.41, 5.74) is 1.37. The number of rotatable bonds is 4. The minimum absolute atomic E-state index is 0.149. The molecule has 1 unspecified atom stereocenters. The lowest BCUT2D eigenvalue weighted by atomic mass is 9.87. The van der Waals surface area contributed by atoms with Crippen molar-refractivity contribution in [2.45, 2.75) is 37.8 Å². The molecule has 1 atom stereocenters. The fourth-order valence-electron chi connectivity index (χ4n) is 5.00. The van der Waals surface area contributed by atoms with E-state index in [0.29, 0.717) is 40.2 Å². The largest absolute Gasteiger partial charge is 0.453 e. The number of aliphatic hydroxyl groups is 1. The van der Waals surface area contributed by atoms with E-state index in [1.807, 2.05) is 18.2 Å². The molecule has 2 heterocycles. The van der Waals surface area contributed by atoms with Gasteiger partial charge in [-0.25, -0.2) is 9.78 Å². The van der Waals surface area contributed by atoms with Gasteiger partial charge in [0, 0.05) is 23.2 Å². The van der Waals surface area contributed by atoms with Gasteiger partial charge in [0.2, 0.25) is 5.95 Å². The molecular weight excluding hydrogens is 408 g/mol. The van der Waals surface area contributed by atoms with Crippen LogP contribution < -0.4 is 5.32 Å². The molecule has 8 heteroatoms. The molecule has 3 aromatic rings. The molecule has 1 aromatic heterocycles. The van der Waals surface area contributed by atoms with Crippen molar-refractivity contribution >= 4 is 29.0 Å². The highest BCUT2D eigenvalue weighted by atomic mass is 16.5. The van der Waals surface area contributed by atoms with Crippen molar-refractivity contribution in [2.24, 2.45) is 5.92 Å². The topological polar surface area (TPSA) is 108 Å². The Morgan fingerprint density at radius 1 is 1.25 bits per heavy atom. The van der Waals surface area contributed by atoms with Crippen molar-refractivity contribution in [1.29, 1.82) is 0 Å². The van der Waals surface area contributed by atoms with Crippen molar-refractivity contribution in [1.82, 2.24) is 14.9 Å². The summed E-state index contributed by atoms with van der Waals surface area (Å²) in [6.45, 7) is 0.512. The number of nitrogens with zero attached hydrogens (tertiary/aromatic N) is 2. The SMILES string of the molecule is COC(=O)Nc1nc2cc(C3(O)c4ccccc4C(=O)N3CC3CCCCC3)ccc2[nH]1. The number of carbonyl (C=O) groups excluding carboxylic acids is 2. The third-order valence-electron chi connectivity index (χ3n) is 6.63. The quantitative estimate of drug-likeness (QED) is 0.576. The van der Waals surface area contributed by atoms with Gasteiger partial charge in [-0.3, -0.25) is 10.1 Å². The molecule has 0 radical (unpaired) electrons. The predicted molar refractivity (Wildman–Crippen MR) is 119 cm³/mol. The summed E-state index contributed by atoms with van der Waals surface area (Å²) >= 11 is 0. The van der Waals surface area contributed by atoms with Gasteiger partial charge in [-0.05, 0) is 37.0 Å². The number of imidazole rings is 1. The van der Waals surface area contributed by atoms with Crippen LogP contribution in [0.15, 0.2) is 42.5 Å². The van der Waals surface area contributed by atoms with E-state index in [9.17, 15) is 14.7 Å². The van der Waals surface area contributed by atoms with E-state index >= 15 is 0 Å². The number of nitrogens with one attached hydrogen (secondary N) is 2. The van der Waals surface area contributed by atoms with E-state index in [1.165, 1.54) is 13.5 Å². The number of hydrogen-bond donors (Lipinski definition) is 3. The van der Waals surface area contributed by atoms with E-state index in [-0.39, 0.29) is 11.9 Å². The highest BCUT2D eigenvalue weighted by molar-refractivity contribution is 6.00. The fraction of sp³-hybridized carbons (Fsp3) is 0.375. The van der Waals surface area contributed by atoms with Crippen LogP contribution in [0, 0.1) is 5.92 Å². The summed E-state index contributed by atoms with van der Waals surface area (Å²) in [4.78, 5) is 33.9. The number of fused-ring (bicyclic) bond motifs is 2. The average Bonchev–Trinajstić information content (AvgIpc) is 3.32. The number of carbonyl (C=O) groups is 2. The van der Waals surface area contributed by atoms with Gasteiger partial charge in [0.1, 0.15) is 0 Å². The molecule has 8 nitrogen and oxygen atoms in total. The van der Waals surface area contributed by atoms with E-state index in [1.54, 1.807) is 29.2 Å². The molecule has 1 aliphatic heterocycles. The number of hydrogen-bond acceptors (Lipinski definition) is 5. The summed E-state index contributed by atoms with van der Waals surface area (Å²) in [5, 5.41) is 14.6. The third kappa shape index (κ3) is 3.31. The first kappa shape index (κ1) is 20.5. The minimum Gasteiger partial charge on any atom is -0.453 e. The van der Waals surface area contributed by atoms with Crippen LogP contribution in [0.4, 0.5) is 10.7 Å². The van der Waals surface area contributed by atoms with Crippen LogP contribution in [0.5, 0.6) is 0 Å². The van der Waals surface area contributed by atoms with E-state index < -0.39 is 11.8 Å². The number of ether oxygens (including phenoxy) is 1. The number of H-pyrrole nitrogens is 1. The van der Waals surface area contributed by atoms with Crippen molar-refractivity contribution in [3.05, 3.63) is 59.2 Å². The first-order valence-electron chi connectivity index (χ1n) is 11.0. The van der Waals surface area contributed by atoms with E-state index in [0.717, 1.165) is 25.7 Å². The Kier molecular flexibility index (Phi) is 5.09. The number of methoxy groups -OCH3 is 1. The Morgan fingerprint density at radius 3 is 2.81 bits per heavy atom. The molecule has 0 spiro atoms. The van der Waals surface area contributed by atoms with Crippen LogP contribution in [-0.4, -0.2) is 45.6 Å². The zero-order valence-electron chi connectivity index (χ0n) is 17.9. The van der Waals surface area contributed by atoms with Crippen LogP contribution in [0.3, 0.4) is 0 Å². The highest BCUT2D eigenvalue weighted by Crippen LogP contribution is 2.44. The van der Waals surface area contributed by atoms with Gasteiger partial charge < -0.3 is 19.7 Å². The maximum atomic E-state index is 13.4. The molecule has 2 aliphatic rings. The zero-order valence-corrected chi connectivity index (χ0v) is 17.9. The summed E-state index contributed by atoms with van der Waals surface area (Å²) in [5.74, 6) is 0.473. The lowest BCUT2D eigenvalue weighted by Gasteiger charge is -2.38. The summed E-state index contributed by atoms with van der Waals surface area (Å²) in [6.07, 6.45) is 5.05. The smallest absolute Gasteiger partial charge is 0.413 e. The molecule has 2 aromatic carbocycles. The first-order valence-corrected chi connectivity index (χ1v) is 11.0. The normalized spacial score (nSPS) is 21.1. The predicted octanol–water partition coefficient (Wildman–Crippen LogP) is 3.97. The van der Waals surface area contributed by atoms with Gasteiger partial charge in [0.15, 0.2) is 5.72 Å². The molecule has 1 saturated carbocycles. The van der Waals surface area contributed by atoms with Gasteiger partial charge >= 0.3 is 6.09 Å². The van der Waals surface area contributed by atoms with Crippen LogP contribution in [0.2, 0.25) is 0 Å². The van der Waals surface area contributed by atoms with Gasteiger partial charge in [-0.1, -0.05) is 43.5 Å². The molecule has 32 heavy (non-hydrogen) atoms. The number of anilines is 1. The van der Waals surface area contributed by atoms with Crippen LogP contribution in [-0.2, 0) is 10.5 Å². The lowest BCUT2D eigenvalue weighted by molar-refractivity contribution is -0.0577. The van der Waals surface area contributed by atoms with Crippen molar-refractivity contribution in [3.8, 4) is 0 Å². The van der Waals surface area contributed by atoms with Gasteiger partial charge in [-0.2, -0.15) is 0 Å². The van der Waals surface area contributed by atoms with Gasteiger partial charge in [-0.15, -0.1) is 0 Å². The molecular formula is C24H26N4O4. The van der Waals surface area contributed by atoms with Crippen molar-refractivity contribution in [2.75, 3.05) is 19.0 Å². The van der Waals surface area contributed by atoms with Crippen LogP contribution in [0.1, 0.15) is 53.6 Å². The molecule has 1 fully saturated rings. The molecule has 3 N–H and O–H groups in total. The Bertz CT molecular complexity index is 1180. The summed E-state index contributed by atoms with van der Waals surface area (Å²) in [7, 11) is 1.28. The average molecular weight is 434 g/mol. The molecule has 1 aliphatic carbocycles. The maximum Gasteiger partial charge on any atom is 0.413 e. The maximum absolute atomic E-state index is 13.4. The molecule has 0 bridgehead atoms. The van der Waals surface area contributed by atoms with E-state index in [2.05, 4.69) is 20.0 Å². The minimum atomic E-state index is -1.58. The molecule has 5 rings (SSSR count). The monoisotopic (exact) mass is 434 g/mol. The Morgan fingerprint density at radius 2 is 2.03 bits per heavy atom. The Balaban J connectivity index is 1.56. The Labute approximate surface area is 185 Å². The lowest BCUT2D eigenvalue weighted by Crippen LogP contribution is -2.47. The van der Waals surface area contributed by atoms with E-state index in [4.69, 9.17) is 0 Å². The molecule has 166 valence electrons. The van der Waals surface area contributed by atoms with Gasteiger partial charge in [0.05, 0.1) is 18.1 Å². The standard InChI is InChI=1S/C24H26N4O4/c1-32-23(30)27-22-25-19-12-11-16(13-20(19)26-22)24(31)18-10-6-5-9-17(18)21(29)28(24)14-15-7-3-2-4-8-15/h5-6,9-13,15,31H,2-4,7-8,14H2,1H3,(H2,25,26,27,30). The van der Waals surface area contributed by atoms with Crippen molar-refractivity contribution in [3.63, 3.8) is 0 Å². The van der Waals surface area contributed by atoms with Crippen LogP contribution >= 0.6 is 0 Å². The van der Waals surface area contributed by atoms with Crippen LogP contribution in [0.25, 0.3) is 11.0 Å². The number of aromatic amines is 1. The first-order chi connectivity index (χ1) is 15.5. The second-order valence-corrected chi connectivity index (χ2v) is 8.57. The second kappa shape index (κ2) is 7.94. The molecule has 0 saturated heterocycles.